The number of amides is 1. The number of aliphatic hydroxyl groups is 1. The van der Waals surface area contributed by atoms with Crippen molar-refractivity contribution < 1.29 is 19.4 Å². The van der Waals surface area contributed by atoms with Gasteiger partial charge in [-0.15, -0.1) is 0 Å². The molecule has 2 aliphatic rings. The zero-order chi connectivity index (χ0) is 21.4. The van der Waals surface area contributed by atoms with E-state index in [-0.39, 0.29) is 23.8 Å². The lowest BCUT2D eigenvalue weighted by molar-refractivity contribution is 0.0632. The highest BCUT2D eigenvalue weighted by Crippen LogP contribution is 2.42. The van der Waals surface area contributed by atoms with Crippen molar-refractivity contribution in [2.45, 2.75) is 6.92 Å². The van der Waals surface area contributed by atoms with Gasteiger partial charge >= 0.3 is 0 Å². The second-order valence-corrected chi connectivity index (χ2v) is 8.55. The first-order valence-corrected chi connectivity index (χ1v) is 10.9. The molecule has 2 fully saturated rings. The van der Waals surface area contributed by atoms with Crippen LogP contribution in [-0.4, -0.2) is 55.4 Å². The number of hydrogen-bond donors (Lipinski definition) is 1. The molecule has 1 amide bonds. The van der Waals surface area contributed by atoms with E-state index in [0.717, 1.165) is 27.6 Å². The van der Waals surface area contributed by atoms with Gasteiger partial charge in [-0.1, -0.05) is 48.5 Å². The Morgan fingerprint density at radius 1 is 1.10 bits per heavy atom. The van der Waals surface area contributed by atoms with Crippen LogP contribution >= 0.6 is 0 Å². The first-order chi connectivity index (χ1) is 15.2. The topological polar surface area (TPSA) is 59.0 Å². The van der Waals surface area contributed by atoms with Crippen molar-refractivity contribution in [1.82, 2.24) is 4.90 Å². The van der Waals surface area contributed by atoms with Gasteiger partial charge < -0.3 is 19.5 Å². The SMILES string of the molecule is CCOc1ccccc1-c1ccc(C(=O)N2C[C@H]3COC[C@@]3(CO)C2)c2ccccc12. The maximum atomic E-state index is 13.5. The molecule has 0 spiro atoms. The Morgan fingerprint density at radius 3 is 2.65 bits per heavy atom. The van der Waals surface area contributed by atoms with Crippen LogP contribution in [0, 0.1) is 11.3 Å². The number of nitrogens with zero attached hydrogens (tertiary/aromatic N) is 1. The minimum absolute atomic E-state index is 0.0167. The predicted molar refractivity (Wildman–Crippen MR) is 120 cm³/mol. The summed E-state index contributed by atoms with van der Waals surface area (Å²) in [5, 5.41) is 11.9. The number of aliphatic hydroxyl groups excluding tert-OH is 1. The Balaban J connectivity index is 1.55. The van der Waals surface area contributed by atoms with Crippen LogP contribution in [0.1, 0.15) is 17.3 Å². The van der Waals surface area contributed by atoms with Crippen molar-refractivity contribution in [3.05, 3.63) is 66.2 Å². The number of rotatable bonds is 5. The van der Waals surface area contributed by atoms with E-state index in [1.807, 2.05) is 60.4 Å². The molecular formula is C26H27NO4. The van der Waals surface area contributed by atoms with Gasteiger partial charge in [-0.3, -0.25) is 4.79 Å². The number of carbonyl (C=O) groups excluding carboxylic acids is 1. The fourth-order valence-corrected chi connectivity index (χ4v) is 5.07. The Bertz CT molecular complexity index is 1130. The summed E-state index contributed by atoms with van der Waals surface area (Å²) in [6.45, 7) is 4.92. The van der Waals surface area contributed by atoms with Crippen molar-refractivity contribution in [3.63, 3.8) is 0 Å². The van der Waals surface area contributed by atoms with Crippen molar-refractivity contribution in [2.75, 3.05) is 39.5 Å². The highest BCUT2D eigenvalue weighted by Gasteiger charge is 2.51. The molecule has 3 aromatic rings. The number of ether oxygens (including phenoxy) is 2. The molecule has 0 bridgehead atoms. The van der Waals surface area contributed by atoms with Gasteiger partial charge in [0.25, 0.3) is 5.91 Å². The van der Waals surface area contributed by atoms with E-state index in [2.05, 4.69) is 12.1 Å². The molecule has 0 aromatic heterocycles. The average Bonchev–Trinajstić information content (AvgIpc) is 3.37. The molecular weight excluding hydrogens is 390 g/mol. The van der Waals surface area contributed by atoms with Gasteiger partial charge in [0, 0.05) is 35.5 Å². The van der Waals surface area contributed by atoms with Crippen LogP contribution in [0.25, 0.3) is 21.9 Å². The van der Waals surface area contributed by atoms with Gasteiger partial charge in [-0.25, -0.2) is 0 Å². The van der Waals surface area contributed by atoms with Crippen LogP contribution in [-0.2, 0) is 4.74 Å². The molecule has 0 aliphatic carbocycles. The summed E-state index contributed by atoms with van der Waals surface area (Å²) in [5.41, 5.74) is 2.45. The molecule has 5 nitrogen and oxygen atoms in total. The van der Waals surface area contributed by atoms with Crippen molar-refractivity contribution in [1.29, 1.82) is 0 Å². The Labute approximate surface area is 182 Å². The van der Waals surface area contributed by atoms with E-state index in [1.54, 1.807) is 0 Å². The summed E-state index contributed by atoms with van der Waals surface area (Å²) < 4.78 is 11.5. The third kappa shape index (κ3) is 3.29. The normalized spacial score (nSPS) is 22.6. The Morgan fingerprint density at radius 2 is 1.87 bits per heavy atom. The number of benzene rings is 3. The molecule has 160 valence electrons. The number of likely N-dealkylation sites (tertiary alicyclic amines) is 1. The third-order valence-corrected chi connectivity index (χ3v) is 6.75. The second-order valence-electron chi connectivity index (χ2n) is 8.55. The molecule has 0 radical (unpaired) electrons. The van der Waals surface area contributed by atoms with E-state index < -0.39 is 0 Å². The minimum atomic E-state index is -0.318. The lowest BCUT2D eigenvalue weighted by Gasteiger charge is -2.24. The van der Waals surface area contributed by atoms with E-state index in [9.17, 15) is 9.90 Å². The summed E-state index contributed by atoms with van der Waals surface area (Å²) >= 11 is 0. The summed E-state index contributed by atoms with van der Waals surface area (Å²) in [5.74, 6) is 1.06. The minimum Gasteiger partial charge on any atom is -0.493 e. The molecule has 2 saturated heterocycles. The Hall–Kier alpha value is -2.89. The molecule has 3 aromatic carbocycles. The smallest absolute Gasteiger partial charge is 0.254 e. The number of para-hydroxylation sites is 1. The maximum absolute atomic E-state index is 13.5. The zero-order valence-electron chi connectivity index (χ0n) is 17.7. The first kappa shape index (κ1) is 20.0. The van der Waals surface area contributed by atoms with Gasteiger partial charge in [0.2, 0.25) is 0 Å². The van der Waals surface area contributed by atoms with Gasteiger partial charge in [-0.05, 0) is 35.4 Å². The predicted octanol–water partition coefficient (Wildman–Crippen LogP) is 3.99. The molecule has 0 saturated carbocycles. The fraction of sp³-hybridized carbons (Fsp3) is 0.346. The lowest BCUT2D eigenvalue weighted by Crippen LogP contribution is -2.36. The van der Waals surface area contributed by atoms with E-state index in [4.69, 9.17) is 9.47 Å². The maximum Gasteiger partial charge on any atom is 0.254 e. The second kappa shape index (κ2) is 7.98. The van der Waals surface area contributed by atoms with Gasteiger partial charge in [-0.2, -0.15) is 0 Å². The average molecular weight is 418 g/mol. The summed E-state index contributed by atoms with van der Waals surface area (Å²) in [4.78, 5) is 15.4. The highest BCUT2D eigenvalue weighted by atomic mass is 16.5. The quantitative estimate of drug-likeness (QED) is 0.682. The van der Waals surface area contributed by atoms with E-state index in [1.165, 1.54) is 0 Å². The largest absolute Gasteiger partial charge is 0.493 e. The van der Waals surface area contributed by atoms with E-state index >= 15 is 0 Å². The Kier molecular flexibility index (Phi) is 5.16. The van der Waals surface area contributed by atoms with Crippen LogP contribution in [0.4, 0.5) is 0 Å². The molecule has 31 heavy (non-hydrogen) atoms. The number of hydrogen-bond acceptors (Lipinski definition) is 4. The highest BCUT2D eigenvalue weighted by molar-refractivity contribution is 6.11. The van der Waals surface area contributed by atoms with Crippen molar-refractivity contribution >= 4 is 16.7 Å². The van der Waals surface area contributed by atoms with Crippen molar-refractivity contribution in [2.24, 2.45) is 11.3 Å². The summed E-state index contributed by atoms with van der Waals surface area (Å²) in [6.07, 6.45) is 0. The first-order valence-electron chi connectivity index (χ1n) is 10.9. The fourth-order valence-electron chi connectivity index (χ4n) is 5.07. The van der Waals surface area contributed by atoms with Gasteiger partial charge in [0.1, 0.15) is 5.75 Å². The number of fused-ring (bicyclic) bond motifs is 2. The lowest BCUT2D eigenvalue weighted by atomic mass is 9.82. The molecule has 2 atom stereocenters. The molecule has 2 heterocycles. The molecule has 5 rings (SSSR count). The third-order valence-electron chi connectivity index (χ3n) is 6.75. The standard InChI is InChI=1S/C26H27NO4/c1-2-31-24-10-6-5-9-22(24)21-11-12-23(20-8-4-3-7-19(20)21)25(29)27-13-18-14-30-17-26(18,15-27)16-28/h3-12,18,28H,2,13-17H2,1H3/t18-,26-/m0/s1. The van der Waals surface area contributed by atoms with Crippen LogP contribution in [0.2, 0.25) is 0 Å². The van der Waals surface area contributed by atoms with Crippen LogP contribution in [0.5, 0.6) is 5.75 Å². The van der Waals surface area contributed by atoms with Crippen LogP contribution in [0.15, 0.2) is 60.7 Å². The zero-order valence-corrected chi connectivity index (χ0v) is 17.7. The van der Waals surface area contributed by atoms with Crippen LogP contribution in [0.3, 0.4) is 0 Å². The monoisotopic (exact) mass is 417 g/mol. The number of carbonyl (C=O) groups is 1. The summed E-state index contributed by atoms with van der Waals surface area (Å²) in [6, 6.07) is 20.0. The van der Waals surface area contributed by atoms with Crippen LogP contribution < -0.4 is 4.74 Å². The molecule has 5 heteroatoms. The summed E-state index contributed by atoms with van der Waals surface area (Å²) in [7, 11) is 0. The van der Waals surface area contributed by atoms with Gasteiger partial charge in [0.15, 0.2) is 0 Å². The molecule has 1 N–H and O–H groups in total. The van der Waals surface area contributed by atoms with E-state index in [0.29, 0.717) is 38.5 Å². The van der Waals surface area contributed by atoms with Crippen molar-refractivity contribution in [3.8, 4) is 16.9 Å². The molecule has 0 unspecified atom stereocenters. The molecule has 2 aliphatic heterocycles. The van der Waals surface area contributed by atoms with Gasteiger partial charge in [0.05, 0.1) is 26.4 Å².